The zero-order valence-corrected chi connectivity index (χ0v) is 14.9. The van der Waals surface area contributed by atoms with E-state index in [4.69, 9.17) is 0 Å². The van der Waals surface area contributed by atoms with Crippen molar-refractivity contribution in [3.05, 3.63) is 36.7 Å². The van der Waals surface area contributed by atoms with E-state index in [1.54, 1.807) is 36.7 Å². The van der Waals surface area contributed by atoms with Gasteiger partial charge in [-0.05, 0) is 31.0 Å². The second-order valence-electron chi connectivity index (χ2n) is 5.82. The minimum Gasteiger partial charge on any atom is -0.341 e. The third-order valence-electron chi connectivity index (χ3n) is 4.19. The number of fused-ring (bicyclic) bond motifs is 1. The zero-order valence-electron chi connectivity index (χ0n) is 13.2. The van der Waals surface area contributed by atoms with Crippen LogP contribution in [0.3, 0.4) is 0 Å². The molecule has 0 aliphatic carbocycles. The van der Waals surface area contributed by atoms with Crippen molar-refractivity contribution < 1.29 is 8.42 Å². The summed E-state index contributed by atoms with van der Waals surface area (Å²) in [7, 11) is -3.63. The molecular formula is C15H16N6O2S2. The maximum Gasteiger partial charge on any atom is 0.243 e. The number of nitrogens with zero attached hydrogens (tertiary/aromatic N) is 5. The quantitative estimate of drug-likeness (QED) is 0.735. The van der Waals surface area contributed by atoms with Gasteiger partial charge in [-0.2, -0.15) is 8.75 Å². The van der Waals surface area contributed by atoms with Crippen LogP contribution in [0.15, 0.2) is 41.6 Å². The lowest BCUT2D eigenvalue weighted by Gasteiger charge is -2.32. The molecule has 8 nitrogen and oxygen atoms in total. The summed E-state index contributed by atoms with van der Waals surface area (Å²) in [5.41, 5.74) is 1.03. The Hall–Kier alpha value is -2.17. The Labute approximate surface area is 149 Å². The van der Waals surface area contributed by atoms with Gasteiger partial charge < -0.3 is 4.90 Å². The molecule has 1 fully saturated rings. The van der Waals surface area contributed by atoms with E-state index in [0.717, 1.165) is 11.7 Å². The molecule has 0 atom stereocenters. The van der Waals surface area contributed by atoms with Crippen molar-refractivity contribution in [2.24, 2.45) is 0 Å². The van der Waals surface area contributed by atoms with Crippen molar-refractivity contribution in [2.45, 2.75) is 23.8 Å². The smallest absolute Gasteiger partial charge is 0.243 e. The van der Waals surface area contributed by atoms with Gasteiger partial charge in [-0.15, -0.1) is 0 Å². The van der Waals surface area contributed by atoms with E-state index in [9.17, 15) is 8.42 Å². The lowest BCUT2D eigenvalue weighted by molar-refractivity contribution is 0.456. The van der Waals surface area contributed by atoms with E-state index in [1.807, 2.05) is 0 Å². The molecule has 4 rings (SSSR count). The van der Waals surface area contributed by atoms with Crippen LogP contribution < -0.4 is 9.62 Å². The number of nitrogens with one attached hydrogen (secondary N) is 1. The number of benzene rings is 1. The number of hydrogen-bond acceptors (Lipinski definition) is 8. The number of piperidine rings is 1. The normalized spacial score (nSPS) is 16.4. The molecule has 0 radical (unpaired) electrons. The largest absolute Gasteiger partial charge is 0.341 e. The molecule has 0 amide bonds. The fourth-order valence-corrected chi connectivity index (χ4v) is 5.00. The van der Waals surface area contributed by atoms with Gasteiger partial charge in [-0.25, -0.2) is 23.1 Å². The second kappa shape index (κ2) is 6.62. The fraction of sp³-hybridized carbons (Fsp3) is 0.333. The van der Waals surface area contributed by atoms with Gasteiger partial charge in [0, 0.05) is 31.5 Å². The van der Waals surface area contributed by atoms with E-state index in [-0.39, 0.29) is 10.9 Å². The summed E-state index contributed by atoms with van der Waals surface area (Å²) < 4.78 is 36.5. The minimum absolute atomic E-state index is 0.119. The van der Waals surface area contributed by atoms with E-state index < -0.39 is 10.0 Å². The van der Waals surface area contributed by atoms with Gasteiger partial charge in [0.2, 0.25) is 16.0 Å². The minimum atomic E-state index is -3.63. The van der Waals surface area contributed by atoms with Crippen LogP contribution in [0.2, 0.25) is 0 Å². The first-order valence-corrected chi connectivity index (χ1v) is 10.1. The van der Waals surface area contributed by atoms with Crippen molar-refractivity contribution in [3.63, 3.8) is 0 Å². The average molecular weight is 376 g/mol. The summed E-state index contributed by atoms with van der Waals surface area (Å²) >= 11 is 1.01. The standard InChI is InChI=1S/C15H16N6O2S2/c22-25(23,13-4-1-3-12-14(13)19-24-18-12)20-11-5-9-21(10-6-11)15-16-7-2-8-17-15/h1-4,7-8,11,20H,5-6,9-10H2. The number of rotatable bonds is 4. The molecule has 130 valence electrons. The highest BCUT2D eigenvalue weighted by molar-refractivity contribution is 7.89. The summed E-state index contributed by atoms with van der Waals surface area (Å²) in [4.78, 5) is 10.7. The van der Waals surface area contributed by atoms with Crippen LogP contribution in [0.25, 0.3) is 11.0 Å². The number of sulfonamides is 1. The number of anilines is 1. The van der Waals surface area contributed by atoms with Crippen molar-refractivity contribution in [1.29, 1.82) is 0 Å². The monoisotopic (exact) mass is 376 g/mol. The summed E-state index contributed by atoms with van der Waals surface area (Å²) in [6.45, 7) is 1.42. The summed E-state index contributed by atoms with van der Waals surface area (Å²) in [6.07, 6.45) is 4.81. The maximum absolute atomic E-state index is 12.8. The second-order valence-corrected chi connectivity index (χ2v) is 8.03. The summed E-state index contributed by atoms with van der Waals surface area (Å²) in [5, 5.41) is 0. The van der Waals surface area contributed by atoms with Crippen LogP contribution in [0, 0.1) is 0 Å². The van der Waals surface area contributed by atoms with Gasteiger partial charge in [0.25, 0.3) is 0 Å². The van der Waals surface area contributed by atoms with Crippen LogP contribution in [-0.4, -0.2) is 46.3 Å². The van der Waals surface area contributed by atoms with E-state index >= 15 is 0 Å². The lowest BCUT2D eigenvalue weighted by atomic mass is 10.1. The topological polar surface area (TPSA) is 101 Å². The Morgan fingerprint density at radius 1 is 1.08 bits per heavy atom. The Bertz CT molecular complexity index is 968. The molecule has 2 aromatic heterocycles. The van der Waals surface area contributed by atoms with Gasteiger partial charge in [0.15, 0.2) is 0 Å². The molecular weight excluding hydrogens is 360 g/mol. The predicted molar refractivity (Wildman–Crippen MR) is 95.0 cm³/mol. The molecule has 1 N–H and O–H groups in total. The Morgan fingerprint density at radius 2 is 1.84 bits per heavy atom. The van der Waals surface area contributed by atoms with Gasteiger partial charge in [0.1, 0.15) is 15.9 Å². The Morgan fingerprint density at radius 3 is 2.60 bits per heavy atom. The number of hydrogen-bond donors (Lipinski definition) is 1. The van der Waals surface area contributed by atoms with E-state index in [2.05, 4.69) is 28.3 Å². The highest BCUT2D eigenvalue weighted by Crippen LogP contribution is 2.23. The first kappa shape index (κ1) is 16.3. The maximum atomic E-state index is 12.8. The molecule has 3 aromatic rings. The van der Waals surface area contributed by atoms with Crippen LogP contribution in [0.1, 0.15) is 12.8 Å². The Balaban J connectivity index is 1.47. The molecule has 1 saturated heterocycles. The first-order chi connectivity index (χ1) is 12.1. The third-order valence-corrected chi connectivity index (χ3v) is 6.28. The summed E-state index contributed by atoms with van der Waals surface area (Å²) in [6, 6.07) is 6.67. The molecule has 1 aliphatic heterocycles. The van der Waals surface area contributed by atoms with Crippen molar-refractivity contribution in [1.82, 2.24) is 23.4 Å². The zero-order chi connectivity index (χ0) is 17.3. The van der Waals surface area contributed by atoms with Gasteiger partial charge in [0.05, 0.1) is 11.7 Å². The van der Waals surface area contributed by atoms with Crippen LogP contribution in [0.5, 0.6) is 0 Å². The Kier molecular flexibility index (Phi) is 4.32. The van der Waals surface area contributed by atoms with Crippen LogP contribution in [-0.2, 0) is 10.0 Å². The van der Waals surface area contributed by atoms with Crippen molar-refractivity contribution in [2.75, 3.05) is 18.0 Å². The molecule has 0 unspecified atom stereocenters. The first-order valence-electron chi connectivity index (χ1n) is 7.89. The molecule has 25 heavy (non-hydrogen) atoms. The van der Waals surface area contributed by atoms with Gasteiger partial charge in [-0.1, -0.05) is 6.07 Å². The predicted octanol–water partition coefficient (Wildman–Crippen LogP) is 1.43. The molecule has 10 heteroatoms. The van der Waals surface area contributed by atoms with E-state index in [0.29, 0.717) is 42.9 Å². The van der Waals surface area contributed by atoms with Gasteiger partial charge in [-0.3, -0.25) is 0 Å². The highest BCUT2D eigenvalue weighted by atomic mass is 32.2. The lowest BCUT2D eigenvalue weighted by Crippen LogP contribution is -2.45. The third kappa shape index (κ3) is 3.32. The van der Waals surface area contributed by atoms with Crippen molar-refractivity contribution in [3.8, 4) is 0 Å². The average Bonchev–Trinajstić information content (AvgIpc) is 3.11. The molecule has 1 aromatic carbocycles. The fourth-order valence-electron chi connectivity index (χ4n) is 2.93. The molecule has 0 saturated carbocycles. The van der Waals surface area contributed by atoms with Gasteiger partial charge >= 0.3 is 0 Å². The molecule has 3 heterocycles. The number of aromatic nitrogens is 4. The van der Waals surface area contributed by atoms with Crippen LogP contribution >= 0.6 is 11.7 Å². The van der Waals surface area contributed by atoms with Crippen molar-refractivity contribution >= 4 is 38.7 Å². The highest BCUT2D eigenvalue weighted by Gasteiger charge is 2.27. The molecule has 0 spiro atoms. The van der Waals surface area contributed by atoms with Crippen LogP contribution in [0.4, 0.5) is 5.95 Å². The van der Waals surface area contributed by atoms with E-state index in [1.165, 1.54) is 0 Å². The SMILES string of the molecule is O=S(=O)(NC1CCN(c2ncccn2)CC1)c1cccc2nsnc12. The summed E-state index contributed by atoms with van der Waals surface area (Å²) in [5.74, 6) is 0.683. The molecule has 1 aliphatic rings. The molecule has 0 bridgehead atoms.